The van der Waals surface area contributed by atoms with Crippen LogP contribution in [-0.4, -0.2) is 32.2 Å². The maximum absolute atomic E-state index is 11.6. The van der Waals surface area contributed by atoms with Gasteiger partial charge in [-0.25, -0.2) is 0 Å². The summed E-state index contributed by atoms with van der Waals surface area (Å²) >= 11 is 0. The van der Waals surface area contributed by atoms with Gasteiger partial charge in [-0.3, -0.25) is 4.79 Å². The molecule has 0 saturated heterocycles. The zero-order chi connectivity index (χ0) is 13.4. The molecule has 3 N–H and O–H groups in total. The standard InChI is InChI=1S/C14H22N2O2.ClH/c1-11-3-5-12(6-4-11)7-8-16-14(17)9-13(10-15)18-2;/h3-6,13H,7-10,15H2,1-2H3,(H,16,17);1H. The lowest BCUT2D eigenvalue weighted by molar-refractivity contribution is -0.123. The van der Waals surface area contributed by atoms with E-state index in [1.165, 1.54) is 11.1 Å². The summed E-state index contributed by atoms with van der Waals surface area (Å²) in [5, 5.41) is 2.87. The van der Waals surface area contributed by atoms with Gasteiger partial charge in [-0.15, -0.1) is 12.4 Å². The molecule has 0 aromatic heterocycles. The Morgan fingerprint density at radius 1 is 1.37 bits per heavy atom. The number of methoxy groups -OCH3 is 1. The number of halogens is 1. The maximum atomic E-state index is 11.6. The van der Waals surface area contributed by atoms with Gasteiger partial charge in [-0.1, -0.05) is 29.8 Å². The van der Waals surface area contributed by atoms with Gasteiger partial charge in [0.1, 0.15) is 0 Å². The zero-order valence-corrected chi connectivity index (χ0v) is 12.3. The second-order valence-electron chi connectivity index (χ2n) is 4.38. The average molecular weight is 287 g/mol. The molecule has 0 bridgehead atoms. The van der Waals surface area contributed by atoms with E-state index >= 15 is 0 Å². The van der Waals surface area contributed by atoms with Crippen LogP contribution in [0, 0.1) is 6.92 Å². The number of hydrogen-bond donors (Lipinski definition) is 2. The van der Waals surface area contributed by atoms with Crippen LogP contribution in [-0.2, 0) is 16.0 Å². The highest BCUT2D eigenvalue weighted by molar-refractivity contribution is 5.85. The van der Waals surface area contributed by atoms with E-state index in [4.69, 9.17) is 10.5 Å². The molecule has 1 amide bonds. The molecule has 1 atom stereocenters. The summed E-state index contributed by atoms with van der Waals surface area (Å²) in [6.45, 7) is 3.06. The molecule has 4 nitrogen and oxygen atoms in total. The minimum atomic E-state index is -0.190. The van der Waals surface area contributed by atoms with Crippen LogP contribution in [0.1, 0.15) is 17.5 Å². The summed E-state index contributed by atoms with van der Waals surface area (Å²) in [6.07, 6.45) is 0.970. The van der Waals surface area contributed by atoms with Gasteiger partial charge in [-0.05, 0) is 18.9 Å². The normalized spacial score (nSPS) is 11.5. The fourth-order valence-corrected chi connectivity index (χ4v) is 1.64. The van der Waals surface area contributed by atoms with Gasteiger partial charge in [0.25, 0.3) is 0 Å². The summed E-state index contributed by atoms with van der Waals surface area (Å²) in [6, 6.07) is 8.32. The van der Waals surface area contributed by atoms with Crippen molar-refractivity contribution < 1.29 is 9.53 Å². The van der Waals surface area contributed by atoms with Crippen LogP contribution in [0.3, 0.4) is 0 Å². The van der Waals surface area contributed by atoms with Crippen molar-refractivity contribution in [3.05, 3.63) is 35.4 Å². The van der Waals surface area contributed by atoms with E-state index in [0.717, 1.165) is 6.42 Å². The highest BCUT2D eigenvalue weighted by Crippen LogP contribution is 2.03. The van der Waals surface area contributed by atoms with Crippen molar-refractivity contribution in [1.82, 2.24) is 5.32 Å². The van der Waals surface area contributed by atoms with Crippen LogP contribution >= 0.6 is 12.4 Å². The van der Waals surface area contributed by atoms with Gasteiger partial charge >= 0.3 is 0 Å². The molecule has 0 aliphatic carbocycles. The Hall–Kier alpha value is -1.10. The number of carbonyl (C=O) groups is 1. The first-order chi connectivity index (χ1) is 8.65. The van der Waals surface area contributed by atoms with Gasteiger partial charge in [-0.2, -0.15) is 0 Å². The van der Waals surface area contributed by atoms with Gasteiger partial charge < -0.3 is 15.8 Å². The van der Waals surface area contributed by atoms with Gasteiger partial charge in [0, 0.05) is 20.2 Å². The van der Waals surface area contributed by atoms with Crippen molar-refractivity contribution in [2.45, 2.75) is 25.9 Å². The molecule has 108 valence electrons. The minimum absolute atomic E-state index is 0. The van der Waals surface area contributed by atoms with Crippen molar-refractivity contribution >= 4 is 18.3 Å². The van der Waals surface area contributed by atoms with E-state index in [0.29, 0.717) is 19.5 Å². The largest absolute Gasteiger partial charge is 0.380 e. The van der Waals surface area contributed by atoms with Crippen LogP contribution in [0.25, 0.3) is 0 Å². The topological polar surface area (TPSA) is 64.3 Å². The van der Waals surface area contributed by atoms with E-state index in [2.05, 4.69) is 36.5 Å². The summed E-state index contributed by atoms with van der Waals surface area (Å²) in [7, 11) is 1.57. The molecule has 1 aromatic carbocycles. The van der Waals surface area contributed by atoms with Crippen molar-refractivity contribution in [3.8, 4) is 0 Å². The number of aryl methyl sites for hydroxylation is 1. The van der Waals surface area contributed by atoms with E-state index in [-0.39, 0.29) is 24.4 Å². The number of benzene rings is 1. The predicted molar refractivity (Wildman–Crippen MR) is 79.6 cm³/mol. The zero-order valence-electron chi connectivity index (χ0n) is 11.5. The van der Waals surface area contributed by atoms with Gasteiger partial charge in [0.05, 0.1) is 12.5 Å². The molecule has 0 saturated carbocycles. The third-order valence-electron chi connectivity index (χ3n) is 2.87. The number of rotatable bonds is 7. The quantitative estimate of drug-likeness (QED) is 0.797. The smallest absolute Gasteiger partial charge is 0.222 e. The first-order valence-electron chi connectivity index (χ1n) is 6.20. The lowest BCUT2D eigenvalue weighted by Gasteiger charge is -2.12. The fourth-order valence-electron chi connectivity index (χ4n) is 1.64. The molecule has 0 aliphatic heterocycles. The van der Waals surface area contributed by atoms with Crippen LogP contribution < -0.4 is 11.1 Å². The van der Waals surface area contributed by atoms with Crippen LogP contribution in [0.5, 0.6) is 0 Å². The summed E-state index contributed by atoms with van der Waals surface area (Å²) in [5.41, 5.74) is 7.93. The molecule has 1 aromatic rings. The molecule has 0 radical (unpaired) electrons. The number of nitrogens with two attached hydrogens (primary N) is 1. The van der Waals surface area contributed by atoms with E-state index in [1.807, 2.05) is 0 Å². The molecule has 0 heterocycles. The lowest BCUT2D eigenvalue weighted by Crippen LogP contribution is -2.33. The van der Waals surface area contributed by atoms with Crippen LogP contribution in [0.4, 0.5) is 0 Å². The van der Waals surface area contributed by atoms with Gasteiger partial charge in [0.15, 0.2) is 0 Å². The molecule has 1 unspecified atom stereocenters. The van der Waals surface area contributed by atoms with E-state index in [1.54, 1.807) is 7.11 Å². The fraction of sp³-hybridized carbons (Fsp3) is 0.500. The van der Waals surface area contributed by atoms with Crippen molar-refractivity contribution in [2.75, 3.05) is 20.2 Å². The molecule has 0 spiro atoms. The molecule has 0 fully saturated rings. The summed E-state index contributed by atoms with van der Waals surface area (Å²) in [5.74, 6) is -0.0144. The highest BCUT2D eigenvalue weighted by Gasteiger charge is 2.10. The number of ether oxygens (including phenoxy) is 1. The lowest BCUT2D eigenvalue weighted by atomic mass is 10.1. The molecule has 1 rings (SSSR count). The van der Waals surface area contributed by atoms with Crippen molar-refractivity contribution in [3.63, 3.8) is 0 Å². The second-order valence-corrected chi connectivity index (χ2v) is 4.38. The summed E-state index contributed by atoms with van der Waals surface area (Å²) in [4.78, 5) is 11.6. The first-order valence-corrected chi connectivity index (χ1v) is 6.20. The number of hydrogen-bond acceptors (Lipinski definition) is 3. The van der Waals surface area contributed by atoms with Crippen molar-refractivity contribution in [1.29, 1.82) is 0 Å². The highest BCUT2D eigenvalue weighted by atomic mass is 35.5. The monoisotopic (exact) mass is 286 g/mol. The average Bonchev–Trinajstić information content (AvgIpc) is 2.38. The second kappa shape index (κ2) is 9.78. The Morgan fingerprint density at radius 3 is 2.53 bits per heavy atom. The Morgan fingerprint density at radius 2 is 2.00 bits per heavy atom. The Bertz CT molecular complexity index is 364. The summed E-state index contributed by atoms with van der Waals surface area (Å²) < 4.78 is 5.06. The van der Waals surface area contributed by atoms with E-state index < -0.39 is 0 Å². The van der Waals surface area contributed by atoms with Crippen LogP contribution in [0.15, 0.2) is 24.3 Å². The first kappa shape index (κ1) is 17.9. The minimum Gasteiger partial charge on any atom is -0.380 e. The number of nitrogens with one attached hydrogen (secondary N) is 1. The third-order valence-corrected chi connectivity index (χ3v) is 2.87. The molecule has 0 aliphatic rings. The third kappa shape index (κ3) is 7.15. The SMILES string of the molecule is COC(CN)CC(=O)NCCc1ccc(C)cc1.Cl. The Labute approximate surface area is 121 Å². The maximum Gasteiger partial charge on any atom is 0.222 e. The molecular weight excluding hydrogens is 264 g/mol. The van der Waals surface area contributed by atoms with E-state index in [9.17, 15) is 4.79 Å². The molecule has 19 heavy (non-hydrogen) atoms. The van der Waals surface area contributed by atoms with Crippen LogP contribution in [0.2, 0.25) is 0 Å². The Balaban J connectivity index is 0.00000324. The number of carbonyl (C=O) groups excluding carboxylic acids is 1. The van der Waals surface area contributed by atoms with Gasteiger partial charge in [0.2, 0.25) is 5.91 Å². The van der Waals surface area contributed by atoms with Crippen molar-refractivity contribution in [2.24, 2.45) is 5.73 Å². The Kier molecular flexibility index (Phi) is 9.21. The number of amides is 1. The molecular formula is C14H23ClN2O2. The molecule has 5 heteroatoms. The predicted octanol–water partition coefficient (Wildman–Crippen LogP) is 1.44.